The Morgan fingerprint density at radius 1 is 1.12 bits per heavy atom. The normalized spacial score (nSPS) is 14.3. The summed E-state index contributed by atoms with van der Waals surface area (Å²) in [5, 5.41) is 4.35. The number of carbonyl (C=O) groups excluding carboxylic acids is 2. The molecule has 4 rings (SSSR count). The smallest absolute Gasteiger partial charge is 0.265 e. The quantitative estimate of drug-likeness (QED) is 0.503. The molecule has 0 aliphatic carbocycles. The number of carbonyl (C=O) groups is 2. The monoisotopic (exact) mass is 485 g/mol. The molecular formula is C25H25ClFN3O2S. The van der Waals surface area contributed by atoms with Crippen LogP contribution in [-0.2, 0) is 11.3 Å². The molecule has 0 atom stereocenters. The van der Waals surface area contributed by atoms with Crippen molar-refractivity contribution >= 4 is 34.8 Å². The Balaban J connectivity index is 1.28. The maximum absolute atomic E-state index is 13.2. The van der Waals surface area contributed by atoms with Gasteiger partial charge >= 0.3 is 0 Å². The number of aryl methyl sites for hydroxylation is 1. The van der Waals surface area contributed by atoms with Crippen LogP contribution in [-0.4, -0.2) is 34.8 Å². The molecule has 5 nitrogen and oxygen atoms in total. The van der Waals surface area contributed by atoms with Crippen LogP contribution in [0.4, 0.5) is 4.39 Å². The van der Waals surface area contributed by atoms with Gasteiger partial charge in [0, 0.05) is 36.6 Å². The third-order valence-electron chi connectivity index (χ3n) is 5.86. The highest BCUT2D eigenvalue weighted by Crippen LogP contribution is 2.30. The number of nitrogens with one attached hydrogen (secondary N) is 1. The fourth-order valence-corrected chi connectivity index (χ4v) is 5.10. The van der Waals surface area contributed by atoms with Gasteiger partial charge in [0.15, 0.2) is 0 Å². The minimum absolute atomic E-state index is 0.0241. The van der Waals surface area contributed by atoms with Crippen molar-refractivity contribution in [1.29, 1.82) is 0 Å². The highest BCUT2D eigenvalue weighted by Gasteiger charge is 2.27. The molecule has 2 aromatic carbocycles. The Morgan fingerprint density at radius 3 is 2.45 bits per heavy atom. The first-order valence-corrected chi connectivity index (χ1v) is 12.1. The predicted molar refractivity (Wildman–Crippen MR) is 129 cm³/mol. The lowest BCUT2D eigenvalue weighted by Crippen LogP contribution is -2.39. The molecule has 1 fully saturated rings. The summed E-state index contributed by atoms with van der Waals surface area (Å²) < 4.78 is 13.2. The highest BCUT2D eigenvalue weighted by atomic mass is 35.5. The van der Waals surface area contributed by atoms with Crippen LogP contribution in [0.3, 0.4) is 0 Å². The molecule has 0 bridgehead atoms. The molecule has 8 heteroatoms. The number of aromatic nitrogens is 1. The van der Waals surface area contributed by atoms with Gasteiger partial charge < -0.3 is 10.2 Å². The van der Waals surface area contributed by atoms with Crippen molar-refractivity contribution in [2.45, 2.75) is 32.7 Å². The molecule has 0 unspecified atom stereocenters. The van der Waals surface area contributed by atoms with Gasteiger partial charge in [0.2, 0.25) is 5.91 Å². The maximum atomic E-state index is 13.2. The van der Waals surface area contributed by atoms with Gasteiger partial charge in [-0.2, -0.15) is 0 Å². The van der Waals surface area contributed by atoms with Crippen LogP contribution in [0.1, 0.15) is 40.2 Å². The number of nitrogens with zero attached hydrogens (tertiary/aromatic N) is 2. The SMILES string of the molecule is Cc1nc(-c2ccc(F)cc2)sc1C(=O)N1CCC(CC(=O)NCc2ccc(Cl)cc2)CC1. The summed E-state index contributed by atoms with van der Waals surface area (Å²) in [4.78, 5) is 32.4. The first-order chi connectivity index (χ1) is 15.9. The first kappa shape index (κ1) is 23.4. The van der Waals surface area contributed by atoms with Crippen LogP contribution < -0.4 is 5.32 Å². The predicted octanol–water partition coefficient (Wildman–Crippen LogP) is 5.47. The number of amides is 2. The minimum Gasteiger partial charge on any atom is -0.352 e. The van der Waals surface area contributed by atoms with E-state index in [0.29, 0.717) is 46.7 Å². The fourth-order valence-electron chi connectivity index (χ4n) is 3.93. The second-order valence-corrected chi connectivity index (χ2v) is 9.72. The minimum atomic E-state index is -0.301. The number of halogens is 2. The van der Waals surface area contributed by atoms with Gasteiger partial charge in [0.1, 0.15) is 15.7 Å². The van der Waals surface area contributed by atoms with E-state index in [1.165, 1.54) is 23.5 Å². The van der Waals surface area contributed by atoms with Crippen LogP contribution in [0.5, 0.6) is 0 Å². The highest BCUT2D eigenvalue weighted by molar-refractivity contribution is 7.17. The fraction of sp³-hybridized carbons (Fsp3) is 0.320. The van der Waals surface area contributed by atoms with E-state index in [-0.39, 0.29) is 23.5 Å². The molecular weight excluding hydrogens is 461 g/mol. The lowest BCUT2D eigenvalue weighted by atomic mass is 9.93. The van der Waals surface area contributed by atoms with E-state index in [1.54, 1.807) is 12.1 Å². The van der Waals surface area contributed by atoms with Crippen molar-refractivity contribution in [3.8, 4) is 10.6 Å². The summed E-state index contributed by atoms with van der Waals surface area (Å²) in [5.41, 5.74) is 2.49. The Morgan fingerprint density at radius 2 is 1.79 bits per heavy atom. The van der Waals surface area contributed by atoms with Crippen molar-refractivity contribution in [2.75, 3.05) is 13.1 Å². The Hall–Kier alpha value is -2.77. The molecule has 0 saturated carbocycles. The zero-order valence-electron chi connectivity index (χ0n) is 18.3. The average Bonchev–Trinajstić information content (AvgIpc) is 3.20. The number of hydrogen-bond acceptors (Lipinski definition) is 4. The standard InChI is InChI=1S/C25H25ClFN3O2S/c1-16-23(33-24(29-16)19-4-8-21(27)9-5-19)25(32)30-12-10-17(11-13-30)14-22(31)28-15-18-2-6-20(26)7-3-18/h2-9,17H,10-15H2,1H3,(H,28,31). The summed E-state index contributed by atoms with van der Waals surface area (Å²) in [6.07, 6.45) is 2.05. The molecule has 1 saturated heterocycles. The average molecular weight is 486 g/mol. The van der Waals surface area contributed by atoms with Gasteiger partial charge in [0.05, 0.1) is 5.69 Å². The van der Waals surface area contributed by atoms with E-state index >= 15 is 0 Å². The molecule has 0 spiro atoms. The summed E-state index contributed by atoms with van der Waals surface area (Å²) in [6, 6.07) is 13.5. The summed E-state index contributed by atoms with van der Waals surface area (Å²) >= 11 is 7.23. The van der Waals surface area contributed by atoms with Gasteiger partial charge in [-0.3, -0.25) is 9.59 Å². The third-order valence-corrected chi connectivity index (χ3v) is 7.31. The Bertz CT molecular complexity index is 1120. The molecule has 1 aliphatic rings. The van der Waals surface area contributed by atoms with Crippen molar-refractivity contribution in [1.82, 2.24) is 15.2 Å². The number of piperidine rings is 1. The van der Waals surface area contributed by atoms with E-state index < -0.39 is 0 Å². The number of rotatable bonds is 6. The summed E-state index contributed by atoms with van der Waals surface area (Å²) in [7, 11) is 0. The van der Waals surface area contributed by atoms with E-state index in [9.17, 15) is 14.0 Å². The lowest BCUT2D eigenvalue weighted by molar-refractivity contribution is -0.122. The zero-order chi connectivity index (χ0) is 23.4. The van der Waals surface area contributed by atoms with Crippen LogP contribution in [0.2, 0.25) is 5.02 Å². The number of benzene rings is 2. The largest absolute Gasteiger partial charge is 0.352 e. The van der Waals surface area contributed by atoms with Crippen molar-refractivity contribution in [3.05, 3.63) is 75.5 Å². The topological polar surface area (TPSA) is 62.3 Å². The van der Waals surface area contributed by atoms with Crippen molar-refractivity contribution in [2.24, 2.45) is 5.92 Å². The molecule has 1 N–H and O–H groups in total. The number of hydrogen-bond donors (Lipinski definition) is 1. The van der Waals surface area contributed by atoms with Crippen LogP contribution in [0.25, 0.3) is 10.6 Å². The molecule has 1 aromatic heterocycles. The van der Waals surface area contributed by atoms with Crippen LogP contribution >= 0.6 is 22.9 Å². The molecule has 3 aromatic rings. The second kappa shape index (κ2) is 10.4. The van der Waals surface area contributed by atoms with Crippen molar-refractivity contribution < 1.29 is 14.0 Å². The third kappa shape index (κ3) is 5.97. The summed E-state index contributed by atoms with van der Waals surface area (Å²) in [5.74, 6) is -0.0394. The lowest BCUT2D eigenvalue weighted by Gasteiger charge is -2.31. The summed E-state index contributed by atoms with van der Waals surface area (Å²) in [6.45, 7) is 3.55. The second-order valence-electron chi connectivity index (χ2n) is 8.28. The van der Waals surface area contributed by atoms with Gasteiger partial charge in [-0.15, -0.1) is 11.3 Å². The van der Waals surface area contributed by atoms with E-state index in [0.717, 1.165) is 24.0 Å². The van der Waals surface area contributed by atoms with Crippen molar-refractivity contribution in [3.63, 3.8) is 0 Å². The van der Waals surface area contributed by atoms with Crippen LogP contribution in [0, 0.1) is 18.7 Å². The molecule has 172 valence electrons. The van der Waals surface area contributed by atoms with Gasteiger partial charge in [-0.1, -0.05) is 23.7 Å². The van der Waals surface area contributed by atoms with E-state index in [1.807, 2.05) is 36.1 Å². The molecule has 2 heterocycles. The Labute approximate surface area is 201 Å². The molecule has 2 amide bonds. The Kier molecular flexibility index (Phi) is 7.40. The zero-order valence-corrected chi connectivity index (χ0v) is 19.9. The van der Waals surface area contributed by atoms with Gasteiger partial charge in [0.25, 0.3) is 5.91 Å². The number of likely N-dealkylation sites (tertiary alicyclic amines) is 1. The first-order valence-electron chi connectivity index (χ1n) is 10.9. The van der Waals surface area contributed by atoms with Crippen LogP contribution in [0.15, 0.2) is 48.5 Å². The van der Waals surface area contributed by atoms with E-state index in [4.69, 9.17) is 11.6 Å². The van der Waals surface area contributed by atoms with E-state index in [2.05, 4.69) is 10.3 Å². The van der Waals surface area contributed by atoms with Gasteiger partial charge in [-0.25, -0.2) is 9.37 Å². The molecule has 33 heavy (non-hydrogen) atoms. The maximum Gasteiger partial charge on any atom is 0.265 e. The molecule has 0 radical (unpaired) electrons. The number of thiazole rings is 1. The molecule has 1 aliphatic heterocycles. The van der Waals surface area contributed by atoms with Gasteiger partial charge in [-0.05, 0) is 67.6 Å².